The van der Waals surface area contributed by atoms with E-state index in [2.05, 4.69) is 37.8 Å². The molecule has 3 atom stereocenters. The molecule has 4 nitrogen and oxygen atoms in total. The molecule has 1 fully saturated rings. The van der Waals surface area contributed by atoms with Gasteiger partial charge in [-0.1, -0.05) is 20.8 Å². The van der Waals surface area contributed by atoms with Crippen LogP contribution in [0.1, 0.15) is 40.5 Å². The summed E-state index contributed by atoms with van der Waals surface area (Å²) >= 11 is 0. The maximum absolute atomic E-state index is 10.4. The minimum absolute atomic E-state index is 0.0779. The molecule has 3 unspecified atom stereocenters. The highest BCUT2D eigenvalue weighted by atomic mass is 16.5. The van der Waals surface area contributed by atoms with Crippen LogP contribution in [0.4, 0.5) is 5.69 Å². The number of hydrogen-bond acceptors (Lipinski definition) is 4. The fraction of sp³-hybridized carbons (Fsp3) is 0.684. The first-order valence-electron chi connectivity index (χ1n) is 8.71. The summed E-state index contributed by atoms with van der Waals surface area (Å²) in [5.74, 6) is 1.33. The van der Waals surface area contributed by atoms with E-state index in [0.29, 0.717) is 12.5 Å². The number of nitrogens with two attached hydrogens (primary N) is 1. The van der Waals surface area contributed by atoms with Gasteiger partial charge in [-0.2, -0.15) is 0 Å². The van der Waals surface area contributed by atoms with Crippen molar-refractivity contribution in [1.82, 2.24) is 0 Å². The Morgan fingerprint density at radius 2 is 1.91 bits per heavy atom. The molecule has 0 radical (unpaired) electrons. The number of nitrogens with zero attached hydrogens (tertiary/aromatic N) is 1. The molecule has 2 rings (SSSR count). The minimum atomic E-state index is -0.292. The highest BCUT2D eigenvalue weighted by molar-refractivity contribution is 5.49. The van der Waals surface area contributed by atoms with Gasteiger partial charge in [0.25, 0.3) is 0 Å². The largest absolute Gasteiger partial charge is 0.494 e. The summed E-state index contributed by atoms with van der Waals surface area (Å²) in [6.45, 7) is 10.8. The molecule has 1 aromatic rings. The van der Waals surface area contributed by atoms with E-state index in [4.69, 9.17) is 10.5 Å². The van der Waals surface area contributed by atoms with Gasteiger partial charge in [0, 0.05) is 24.8 Å². The molecule has 4 heteroatoms. The molecule has 1 aliphatic rings. The fourth-order valence-corrected chi connectivity index (χ4v) is 3.22. The lowest BCUT2D eigenvalue weighted by Crippen LogP contribution is -2.48. The topological polar surface area (TPSA) is 58.7 Å². The quantitative estimate of drug-likeness (QED) is 0.875. The first-order valence-corrected chi connectivity index (χ1v) is 8.71. The molecular formula is C19H32N2O2. The Morgan fingerprint density at radius 1 is 1.26 bits per heavy atom. The average Bonchev–Trinajstić information content (AvgIpc) is 2.46. The van der Waals surface area contributed by atoms with Gasteiger partial charge in [0.1, 0.15) is 5.75 Å². The van der Waals surface area contributed by atoms with Crippen LogP contribution in [0.3, 0.4) is 0 Å². The van der Waals surface area contributed by atoms with Crippen molar-refractivity contribution in [2.45, 2.75) is 52.7 Å². The van der Waals surface area contributed by atoms with Crippen LogP contribution in [0, 0.1) is 11.3 Å². The number of anilines is 1. The highest BCUT2D eigenvalue weighted by Gasteiger charge is 2.30. The van der Waals surface area contributed by atoms with Gasteiger partial charge in [0.05, 0.1) is 12.7 Å². The normalized spacial score (nSPS) is 23.7. The summed E-state index contributed by atoms with van der Waals surface area (Å²) in [5, 5.41) is 10.4. The van der Waals surface area contributed by atoms with Crippen molar-refractivity contribution in [2.75, 3.05) is 24.6 Å². The Balaban J connectivity index is 2.02. The fourth-order valence-electron chi connectivity index (χ4n) is 3.22. The van der Waals surface area contributed by atoms with E-state index in [0.717, 1.165) is 31.7 Å². The van der Waals surface area contributed by atoms with Gasteiger partial charge in [-0.05, 0) is 55.4 Å². The maximum Gasteiger partial charge on any atom is 0.119 e. The Morgan fingerprint density at radius 3 is 2.48 bits per heavy atom. The molecule has 1 saturated heterocycles. The smallest absolute Gasteiger partial charge is 0.119 e. The number of rotatable bonds is 5. The number of piperidine rings is 1. The molecular weight excluding hydrogens is 288 g/mol. The summed E-state index contributed by atoms with van der Waals surface area (Å²) < 4.78 is 5.50. The van der Waals surface area contributed by atoms with Crippen molar-refractivity contribution in [1.29, 1.82) is 0 Å². The zero-order valence-electron chi connectivity index (χ0n) is 15.0. The van der Waals surface area contributed by atoms with Crippen molar-refractivity contribution in [3.05, 3.63) is 24.3 Å². The Hall–Kier alpha value is -1.26. The first kappa shape index (κ1) is 18.1. The molecule has 3 N–H and O–H groups in total. The van der Waals surface area contributed by atoms with Crippen LogP contribution in [-0.4, -0.2) is 36.9 Å². The standard InChI is InChI=1S/C19H32N2O2/c1-5-23-17-8-6-16(7-9-17)21-12-14(10-15(20)13-21)11-18(22)19(2,3)4/h6-9,14-15,18,22H,5,10-13,20H2,1-4H3. The number of aliphatic hydroxyl groups is 1. The predicted octanol–water partition coefficient (Wildman–Crippen LogP) is 3.04. The third kappa shape index (κ3) is 5.11. The van der Waals surface area contributed by atoms with Crippen molar-refractivity contribution in [3.8, 4) is 5.75 Å². The first-order chi connectivity index (χ1) is 10.8. The second-order valence-corrected chi connectivity index (χ2v) is 7.81. The average molecular weight is 320 g/mol. The van der Waals surface area contributed by atoms with Crippen molar-refractivity contribution < 1.29 is 9.84 Å². The molecule has 23 heavy (non-hydrogen) atoms. The summed E-state index contributed by atoms with van der Waals surface area (Å²) in [4.78, 5) is 2.34. The summed E-state index contributed by atoms with van der Waals surface area (Å²) in [7, 11) is 0. The third-order valence-corrected chi connectivity index (χ3v) is 4.64. The lowest BCUT2D eigenvalue weighted by Gasteiger charge is -2.40. The van der Waals surface area contributed by atoms with Crippen molar-refractivity contribution >= 4 is 5.69 Å². The van der Waals surface area contributed by atoms with Crippen molar-refractivity contribution in [2.24, 2.45) is 17.1 Å². The molecule has 1 aliphatic heterocycles. The Bertz CT molecular complexity index is 481. The van der Waals surface area contributed by atoms with Crippen LogP contribution >= 0.6 is 0 Å². The number of benzene rings is 1. The number of hydrogen-bond donors (Lipinski definition) is 2. The van der Waals surface area contributed by atoms with Crippen LogP contribution in [-0.2, 0) is 0 Å². The van der Waals surface area contributed by atoms with E-state index in [1.165, 1.54) is 5.69 Å². The maximum atomic E-state index is 10.4. The van der Waals surface area contributed by atoms with Crippen LogP contribution < -0.4 is 15.4 Å². The molecule has 0 saturated carbocycles. The molecule has 1 heterocycles. The van der Waals surface area contributed by atoms with E-state index in [1.54, 1.807) is 0 Å². The summed E-state index contributed by atoms with van der Waals surface area (Å²) in [5.41, 5.74) is 7.37. The molecule has 0 aromatic heterocycles. The van der Waals surface area contributed by atoms with Gasteiger partial charge in [-0.25, -0.2) is 0 Å². The monoisotopic (exact) mass is 320 g/mol. The van der Waals surface area contributed by atoms with Crippen LogP contribution in [0.15, 0.2) is 24.3 Å². The Labute approximate surface area is 140 Å². The van der Waals surface area contributed by atoms with E-state index in [-0.39, 0.29) is 17.6 Å². The molecule has 1 aromatic carbocycles. The van der Waals surface area contributed by atoms with Gasteiger partial charge >= 0.3 is 0 Å². The van der Waals surface area contributed by atoms with Gasteiger partial charge in [0.2, 0.25) is 0 Å². The van der Waals surface area contributed by atoms with E-state index in [9.17, 15) is 5.11 Å². The Kier molecular flexibility index (Phi) is 5.93. The molecule has 130 valence electrons. The SMILES string of the molecule is CCOc1ccc(N2CC(N)CC(CC(O)C(C)(C)C)C2)cc1. The van der Waals surface area contributed by atoms with Gasteiger partial charge in [0.15, 0.2) is 0 Å². The highest BCUT2D eigenvalue weighted by Crippen LogP contribution is 2.31. The van der Waals surface area contributed by atoms with Gasteiger partial charge in [-0.3, -0.25) is 0 Å². The van der Waals surface area contributed by atoms with Crippen molar-refractivity contribution in [3.63, 3.8) is 0 Å². The zero-order valence-corrected chi connectivity index (χ0v) is 15.0. The van der Waals surface area contributed by atoms with E-state index < -0.39 is 0 Å². The second kappa shape index (κ2) is 7.54. The molecule has 0 spiro atoms. The van der Waals surface area contributed by atoms with E-state index in [1.807, 2.05) is 19.1 Å². The molecule has 0 bridgehead atoms. The lowest BCUT2D eigenvalue weighted by molar-refractivity contribution is 0.0381. The van der Waals surface area contributed by atoms with Gasteiger partial charge in [-0.15, -0.1) is 0 Å². The van der Waals surface area contributed by atoms with Crippen LogP contribution in [0.25, 0.3) is 0 Å². The van der Waals surface area contributed by atoms with Gasteiger partial charge < -0.3 is 20.5 Å². The zero-order chi connectivity index (χ0) is 17.0. The predicted molar refractivity (Wildman–Crippen MR) is 96.0 cm³/mol. The van der Waals surface area contributed by atoms with Crippen LogP contribution in [0.5, 0.6) is 5.75 Å². The summed E-state index contributed by atoms with van der Waals surface area (Å²) in [6.07, 6.45) is 1.51. The summed E-state index contributed by atoms with van der Waals surface area (Å²) in [6, 6.07) is 8.38. The van der Waals surface area contributed by atoms with Crippen LogP contribution in [0.2, 0.25) is 0 Å². The lowest BCUT2D eigenvalue weighted by atomic mass is 9.80. The molecule has 0 amide bonds. The van der Waals surface area contributed by atoms with E-state index >= 15 is 0 Å². The number of aliphatic hydroxyl groups excluding tert-OH is 1. The second-order valence-electron chi connectivity index (χ2n) is 7.81. The minimum Gasteiger partial charge on any atom is -0.494 e. The third-order valence-electron chi connectivity index (χ3n) is 4.64. The molecule has 0 aliphatic carbocycles. The number of ether oxygens (including phenoxy) is 1.